The highest BCUT2D eigenvalue weighted by molar-refractivity contribution is 6.43. The Morgan fingerprint density at radius 2 is 1.74 bits per heavy atom. The van der Waals surface area contributed by atoms with Crippen LogP contribution < -0.4 is 10.9 Å². The van der Waals surface area contributed by atoms with Gasteiger partial charge in [0.05, 0.1) is 10.0 Å². The molecule has 8 nitrogen and oxygen atoms in total. The lowest BCUT2D eigenvalue weighted by molar-refractivity contribution is -0.122. The summed E-state index contributed by atoms with van der Waals surface area (Å²) in [6.45, 7) is -0.258. The van der Waals surface area contributed by atoms with Crippen LogP contribution in [-0.2, 0) is 11.3 Å². The van der Waals surface area contributed by atoms with Crippen molar-refractivity contribution in [3.05, 3.63) is 63.1 Å². The molecule has 1 aromatic heterocycles. The molecule has 0 aliphatic heterocycles. The van der Waals surface area contributed by atoms with Gasteiger partial charge in [0.2, 0.25) is 5.82 Å². The summed E-state index contributed by atoms with van der Waals surface area (Å²) in [5.74, 6) is -0.808. The van der Waals surface area contributed by atoms with Crippen LogP contribution in [0.2, 0.25) is 15.1 Å². The van der Waals surface area contributed by atoms with Crippen LogP contribution in [0.5, 0.6) is 0 Å². The lowest BCUT2D eigenvalue weighted by atomic mass is 10.2. The van der Waals surface area contributed by atoms with Gasteiger partial charge in [-0.25, -0.2) is 0 Å². The molecular formula is C16H11Cl3N6O2. The molecule has 3 aromatic rings. The summed E-state index contributed by atoms with van der Waals surface area (Å²) in [5, 5.41) is 12.9. The normalized spacial score (nSPS) is 10.5. The molecule has 2 N–H and O–H groups in total. The van der Waals surface area contributed by atoms with Crippen LogP contribution in [0.15, 0.2) is 42.5 Å². The van der Waals surface area contributed by atoms with Crippen molar-refractivity contribution in [2.75, 3.05) is 0 Å². The minimum absolute atomic E-state index is 0.223. The summed E-state index contributed by atoms with van der Waals surface area (Å²) in [4.78, 5) is 24.9. The van der Waals surface area contributed by atoms with E-state index in [9.17, 15) is 9.59 Å². The highest BCUT2D eigenvalue weighted by Crippen LogP contribution is 2.31. The van der Waals surface area contributed by atoms with E-state index in [2.05, 4.69) is 26.3 Å². The maximum atomic E-state index is 11.9. The number of hydrazine groups is 1. The zero-order chi connectivity index (χ0) is 19.4. The summed E-state index contributed by atoms with van der Waals surface area (Å²) in [6, 6.07) is 11.2. The third-order valence-corrected chi connectivity index (χ3v) is 4.42. The molecule has 1 heterocycles. The first kappa shape index (κ1) is 19.1. The molecule has 11 heteroatoms. The maximum Gasteiger partial charge on any atom is 0.269 e. The predicted molar refractivity (Wildman–Crippen MR) is 100 cm³/mol. The number of amides is 2. The third-order valence-electron chi connectivity index (χ3n) is 3.35. The van der Waals surface area contributed by atoms with Crippen LogP contribution >= 0.6 is 34.8 Å². The lowest BCUT2D eigenvalue weighted by Gasteiger charge is -2.06. The molecule has 2 amide bonds. The summed E-state index contributed by atoms with van der Waals surface area (Å²) in [7, 11) is 0. The number of carbonyl (C=O) groups excluding carboxylic acids is 2. The van der Waals surface area contributed by atoms with Gasteiger partial charge in [-0.2, -0.15) is 4.80 Å². The number of nitrogens with one attached hydrogen (secondary N) is 2. The van der Waals surface area contributed by atoms with Gasteiger partial charge in [-0.15, -0.1) is 10.2 Å². The Bertz CT molecular complexity index is 990. The van der Waals surface area contributed by atoms with Crippen molar-refractivity contribution in [3.8, 4) is 11.4 Å². The van der Waals surface area contributed by atoms with Crippen molar-refractivity contribution in [2.24, 2.45) is 0 Å². The molecule has 0 aliphatic rings. The van der Waals surface area contributed by atoms with Crippen LogP contribution in [0.1, 0.15) is 10.4 Å². The van der Waals surface area contributed by atoms with E-state index in [1.807, 2.05) is 0 Å². The average Bonchev–Trinajstić information content (AvgIpc) is 3.10. The van der Waals surface area contributed by atoms with Gasteiger partial charge < -0.3 is 0 Å². The second-order valence-corrected chi connectivity index (χ2v) is 6.48. The molecule has 27 heavy (non-hydrogen) atoms. The SMILES string of the molecule is O=C(Cn1nnc(-c2cccc(Cl)c2Cl)n1)NNC(=O)c1ccc(Cl)cc1. The number of tetrazole rings is 1. The van der Waals surface area contributed by atoms with E-state index in [-0.39, 0.29) is 12.4 Å². The standard InChI is InChI=1S/C16H11Cl3N6O2/c17-10-6-4-9(5-7-10)16(27)22-20-13(26)8-25-23-15(21-24-25)11-2-1-3-12(18)14(11)19/h1-7H,8H2,(H,20,26)(H,22,27). The fourth-order valence-electron chi connectivity index (χ4n) is 2.06. The van der Waals surface area contributed by atoms with E-state index in [0.29, 0.717) is 26.2 Å². The number of hydrogen-bond acceptors (Lipinski definition) is 5. The zero-order valence-electron chi connectivity index (χ0n) is 13.5. The summed E-state index contributed by atoms with van der Waals surface area (Å²) < 4.78 is 0. The van der Waals surface area contributed by atoms with Crippen molar-refractivity contribution in [1.29, 1.82) is 0 Å². The molecule has 2 aromatic carbocycles. The van der Waals surface area contributed by atoms with E-state index >= 15 is 0 Å². The van der Waals surface area contributed by atoms with E-state index in [1.54, 1.807) is 30.3 Å². The molecule has 0 unspecified atom stereocenters. The number of aromatic nitrogens is 4. The van der Waals surface area contributed by atoms with Crippen molar-refractivity contribution in [3.63, 3.8) is 0 Å². The van der Waals surface area contributed by atoms with Crippen LogP contribution in [0.4, 0.5) is 0 Å². The summed E-state index contributed by atoms with van der Waals surface area (Å²) >= 11 is 17.8. The molecule has 0 atom stereocenters. The van der Waals surface area contributed by atoms with E-state index < -0.39 is 11.8 Å². The number of benzene rings is 2. The van der Waals surface area contributed by atoms with Gasteiger partial charge in [0.1, 0.15) is 6.54 Å². The molecule has 0 radical (unpaired) electrons. The van der Waals surface area contributed by atoms with E-state index in [1.165, 1.54) is 12.1 Å². The average molecular weight is 426 g/mol. The number of nitrogens with zero attached hydrogens (tertiary/aromatic N) is 4. The summed E-state index contributed by atoms with van der Waals surface area (Å²) in [6.07, 6.45) is 0. The van der Waals surface area contributed by atoms with Crippen molar-refractivity contribution >= 4 is 46.6 Å². The largest absolute Gasteiger partial charge is 0.271 e. The van der Waals surface area contributed by atoms with Crippen molar-refractivity contribution < 1.29 is 9.59 Å². The molecule has 0 saturated heterocycles. The minimum atomic E-state index is -0.543. The topological polar surface area (TPSA) is 102 Å². The molecular weight excluding hydrogens is 415 g/mol. The molecule has 0 spiro atoms. The molecule has 138 valence electrons. The Morgan fingerprint density at radius 3 is 2.48 bits per heavy atom. The van der Waals surface area contributed by atoms with Crippen LogP contribution in [0, 0.1) is 0 Å². The Labute approximate surface area is 168 Å². The Morgan fingerprint density at radius 1 is 1.00 bits per heavy atom. The quantitative estimate of drug-likeness (QED) is 0.626. The third kappa shape index (κ3) is 4.73. The molecule has 3 rings (SSSR count). The van der Waals surface area contributed by atoms with Crippen LogP contribution in [0.25, 0.3) is 11.4 Å². The predicted octanol–water partition coefficient (Wildman–Crippen LogP) is 2.76. The highest BCUT2D eigenvalue weighted by atomic mass is 35.5. The minimum Gasteiger partial charge on any atom is -0.271 e. The van der Waals surface area contributed by atoms with Gasteiger partial charge in [0.15, 0.2) is 0 Å². The Kier molecular flexibility index (Phi) is 5.90. The lowest BCUT2D eigenvalue weighted by Crippen LogP contribution is -2.43. The number of halogens is 3. The molecule has 0 aliphatic carbocycles. The highest BCUT2D eigenvalue weighted by Gasteiger charge is 2.14. The molecule has 0 fully saturated rings. The second-order valence-electron chi connectivity index (χ2n) is 5.25. The molecule has 0 saturated carbocycles. The number of hydrogen-bond donors (Lipinski definition) is 2. The van der Waals surface area contributed by atoms with E-state index in [4.69, 9.17) is 34.8 Å². The smallest absolute Gasteiger partial charge is 0.269 e. The fourth-order valence-corrected chi connectivity index (χ4v) is 2.57. The van der Waals surface area contributed by atoms with E-state index in [0.717, 1.165) is 4.80 Å². The first-order chi connectivity index (χ1) is 12.9. The first-order valence-corrected chi connectivity index (χ1v) is 8.64. The van der Waals surface area contributed by atoms with Gasteiger partial charge in [-0.3, -0.25) is 20.4 Å². The van der Waals surface area contributed by atoms with Gasteiger partial charge in [-0.1, -0.05) is 40.9 Å². The van der Waals surface area contributed by atoms with Gasteiger partial charge >= 0.3 is 0 Å². The number of rotatable bonds is 4. The maximum absolute atomic E-state index is 11.9. The fraction of sp³-hybridized carbons (Fsp3) is 0.0625. The summed E-state index contributed by atoms with van der Waals surface area (Å²) in [5.41, 5.74) is 5.39. The molecule has 0 bridgehead atoms. The van der Waals surface area contributed by atoms with Crippen LogP contribution in [0.3, 0.4) is 0 Å². The van der Waals surface area contributed by atoms with Gasteiger partial charge in [-0.05, 0) is 41.6 Å². The van der Waals surface area contributed by atoms with Gasteiger partial charge in [0, 0.05) is 16.1 Å². The zero-order valence-corrected chi connectivity index (χ0v) is 15.8. The Hall–Kier alpha value is -2.68. The van der Waals surface area contributed by atoms with Crippen LogP contribution in [-0.4, -0.2) is 32.0 Å². The number of carbonyl (C=O) groups is 2. The van der Waals surface area contributed by atoms with Gasteiger partial charge in [0.25, 0.3) is 11.8 Å². The second kappa shape index (κ2) is 8.34. The van der Waals surface area contributed by atoms with Crippen molar-refractivity contribution in [2.45, 2.75) is 6.54 Å². The first-order valence-electron chi connectivity index (χ1n) is 7.51. The Balaban J connectivity index is 1.59. The monoisotopic (exact) mass is 424 g/mol. The van der Waals surface area contributed by atoms with Crippen molar-refractivity contribution in [1.82, 2.24) is 31.1 Å².